The number of likely N-dealkylation sites (N-methyl/N-ethyl adjacent to an activating group) is 1. The number of rotatable bonds is 11. The summed E-state index contributed by atoms with van der Waals surface area (Å²) in [6, 6.07) is 25.1. The molecule has 1 heterocycles. The van der Waals surface area contributed by atoms with Crippen molar-refractivity contribution in [3.63, 3.8) is 0 Å². The van der Waals surface area contributed by atoms with Gasteiger partial charge in [-0.2, -0.15) is 0 Å². The van der Waals surface area contributed by atoms with Crippen LogP contribution < -0.4 is 10.6 Å². The minimum absolute atomic E-state index is 0.100. The highest BCUT2D eigenvalue weighted by Gasteiger charge is 2.35. The highest BCUT2D eigenvalue weighted by Crippen LogP contribution is 2.44. The summed E-state index contributed by atoms with van der Waals surface area (Å²) in [5.74, 6) is -1.89. The van der Waals surface area contributed by atoms with E-state index in [1.54, 1.807) is 0 Å². The molecule has 2 aliphatic rings. The second kappa shape index (κ2) is 13.0. The van der Waals surface area contributed by atoms with Gasteiger partial charge in [0, 0.05) is 38.1 Å². The summed E-state index contributed by atoms with van der Waals surface area (Å²) in [6.07, 6.45) is -1.10. The van der Waals surface area contributed by atoms with E-state index in [1.165, 1.54) is 0 Å². The van der Waals surface area contributed by atoms with E-state index < -0.39 is 30.1 Å². The van der Waals surface area contributed by atoms with Gasteiger partial charge < -0.3 is 25.2 Å². The van der Waals surface area contributed by atoms with Gasteiger partial charge in [0.15, 0.2) is 6.10 Å². The Labute approximate surface area is 239 Å². The molecular formula is C32H35N3O6. The first-order valence-electron chi connectivity index (χ1n) is 13.9. The molecule has 1 unspecified atom stereocenters. The Morgan fingerprint density at radius 1 is 0.976 bits per heavy atom. The van der Waals surface area contributed by atoms with E-state index in [2.05, 4.69) is 22.8 Å². The quantitative estimate of drug-likeness (QED) is 0.330. The summed E-state index contributed by atoms with van der Waals surface area (Å²) >= 11 is 0. The van der Waals surface area contributed by atoms with E-state index in [4.69, 9.17) is 9.47 Å². The third-order valence-electron chi connectivity index (χ3n) is 7.74. The fraction of sp³-hybridized carbons (Fsp3) is 0.344. The number of alkyl carbamates (subject to hydrolysis) is 1. The van der Waals surface area contributed by atoms with Crippen LogP contribution in [0, 0.1) is 5.92 Å². The molecule has 5 rings (SSSR count). The summed E-state index contributed by atoms with van der Waals surface area (Å²) in [5.41, 5.74) is 5.54. The Hall–Kier alpha value is -4.21. The van der Waals surface area contributed by atoms with Gasteiger partial charge in [-0.05, 0) is 41.3 Å². The normalized spacial score (nSPS) is 18.4. The first-order chi connectivity index (χ1) is 19.9. The maximum atomic E-state index is 13.3. The van der Waals surface area contributed by atoms with Gasteiger partial charge in [-0.1, -0.05) is 78.9 Å². The number of aliphatic carboxylic acids is 1. The number of carboxylic acid groups (broad SMARTS) is 1. The molecule has 0 saturated carbocycles. The van der Waals surface area contributed by atoms with Gasteiger partial charge in [0.25, 0.3) is 0 Å². The predicted octanol–water partition coefficient (Wildman–Crippen LogP) is 3.63. The van der Waals surface area contributed by atoms with E-state index in [1.807, 2.05) is 78.7 Å². The average molecular weight is 558 g/mol. The fourth-order valence-electron chi connectivity index (χ4n) is 5.72. The number of amides is 2. The number of carbonyl (C=O) groups is 3. The summed E-state index contributed by atoms with van der Waals surface area (Å²) in [4.78, 5) is 39.8. The van der Waals surface area contributed by atoms with Crippen molar-refractivity contribution in [2.75, 3.05) is 33.4 Å². The van der Waals surface area contributed by atoms with Crippen LogP contribution in [0.5, 0.6) is 0 Å². The maximum Gasteiger partial charge on any atom is 0.407 e. The molecule has 1 saturated heterocycles. The second-order valence-electron chi connectivity index (χ2n) is 10.6. The molecule has 1 aliphatic heterocycles. The first kappa shape index (κ1) is 28.3. The zero-order valence-corrected chi connectivity index (χ0v) is 23.0. The van der Waals surface area contributed by atoms with Crippen molar-refractivity contribution < 1.29 is 29.0 Å². The molecule has 0 bridgehead atoms. The third kappa shape index (κ3) is 6.75. The highest BCUT2D eigenvalue weighted by molar-refractivity contribution is 5.86. The van der Waals surface area contributed by atoms with Gasteiger partial charge in [0.1, 0.15) is 12.6 Å². The van der Waals surface area contributed by atoms with Crippen LogP contribution in [0.2, 0.25) is 0 Å². The van der Waals surface area contributed by atoms with E-state index >= 15 is 0 Å². The lowest BCUT2D eigenvalue weighted by atomic mass is 9.98. The Kier molecular flexibility index (Phi) is 8.96. The SMILES string of the molecule is CN(Cc1ccccc1)CC(NC(=O)OCC1c2ccccc2-c2ccccc21)C(=O)NC[C@H]1CCO[C@H]1C(=O)O. The molecular weight excluding hydrogens is 522 g/mol. The molecule has 2 amide bonds. The number of ether oxygens (including phenoxy) is 2. The number of nitrogens with zero attached hydrogens (tertiary/aromatic N) is 1. The van der Waals surface area contributed by atoms with Gasteiger partial charge >= 0.3 is 12.1 Å². The summed E-state index contributed by atoms with van der Waals surface area (Å²) in [7, 11) is 1.87. The average Bonchev–Trinajstić information content (AvgIpc) is 3.58. The lowest BCUT2D eigenvalue weighted by Crippen LogP contribution is -2.53. The van der Waals surface area contributed by atoms with Crippen LogP contribution >= 0.6 is 0 Å². The van der Waals surface area contributed by atoms with E-state index in [0.29, 0.717) is 19.6 Å². The summed E-state index contributed by atoms with van der Waals surface area (Å²) in [6.45, 7) is 1.41. The Balaban J connectivity index is 1.24. The number of carboxylic acids is 1. The Morgan fingerprint density at radius 3 is 2.27 bits per heavy atom. The van der Waals surface area contributed by atoms with Crippen LogP contribution in [-0.2, 0) is 25.6 Å². The first-order valence-corrected chi connectivity index (χ1v) is 13.9. The lowest BCUT2D eigenvalue weighted by Gasteiger charge is -2.25. The zero-order valence-electron chi connectivity index (χ0n) is 23.0. The van der Waals surface area contributed by atoms with Crippen molar-refractivity contribution in [1.29, 1.82) is 0 Å². The number of benzene rings is 3. The van der Waals surface area contributed by atoms with Crippen LogP contribution in [0.3, 0.4) is 0 Å². The fourth-order valence-corrected chi connectivity index (χ4v) is 5.72. The van der Waals surface area contributed by atoms with Gasteiger partial charge in [0.2, 0.25) is 5.91 Å². The van der Waals surface area contributed by atoms with Crippen molar-refractivity contribution in [3.8, 4) is 11.1 Å². The molecule has 214 valence electrons. The summed E-state index contributed by atoms with van der Waals surface area (Å²) < 4.78 is 11.0. The van der Waals surface area contributed by atoms with Gasteiger partial charge in [-0.25, -0.2) is 9.59 Å². The molecule has 1 aliphatic carbocycles. The van der Waals surface area contributed by atoms with Gasteiger partial charge in [0.05, 0.1) is 0 Å². The second-order valence-corrected chi connectivity index (χ2v) is 10.6. The lowest BCUT2D eigenvalue weighted by molar-refractivity contribution is -0.149. The molecule has 3 N–H and O–H groups in total. The molecule has 0 aromatic heterocycles. The molecule has 3 aromatic carbocycles. The molecule has 0 spiro atoms. The van der Waals surface area contributed by atoms with Crippen LogP contribution in [0.1, 0.15) is 29.0 Å². The standard InChI is InChI=1S/C32H35N3O6/c1-35(18-21-9-3-2-4-10-21)19-28(30(36)33-17-22-15-16-40-29(22)31(37)38)34-32(39)41-20-27-25-13-7-5-11-23(25)24-12-6-8-14-26(24)27/h2-14,22,27-29H,15-20H2,1H3,(H,33,36)(H,34,39)(H,37,38)/t22-,28?,29-/m1/s1. The van der Waals surface area contributed by atoms with E-state index in [0.717, 1.165) is 27.8 Å². The third-order valence-corrected chi connectivity index (χ3v) is 7.74. The van der Waals surface area contributed by atoms with Gasteiger partial charge in [-0.3, -0.25) is 9.69 Å². The minimum atomic E-state index is -1.04. The zero-order chi connectivity index (χ0) is 28.8. The monoisotopic (exact) mass is 557 g/mol. The molecule has 41 heavy (non-hydrogen) atoms. The predicted molar refractivity (Wildman–Crippen MR) is 153 cm³/mol. The Morgan fingerprint density at radius 2 is 1.61 bits per heavy atom. The van der Waals surface area contributed by atoms with Crippen LogP contribution in [-0.4, -0.2) is 73.5 Å². The summed E-state index contributed by atoms with van der Waals surface area (Å²) in [5, 5.41) is 15.0. The van der Waals surface area contributed by atoms with Crippen molar-refractivity contribution in [1.82, 2.24) is 15.5 Å². The smallest absolute Gasteiger partial charge is 0.407 e. The van der Waals surface area contributed by atoms with Crippen molar-refractivity contribution in [2.24, 2.45) is 5.92 Å². The van der Waals surface area contributed by atoms with Gasteiger partial charge in [-0.15, -0.1) is 0 Å². The number of hydrogen-bond acceptors (Lipinski definition) is 6. The molecule has 3 aromatic rings. The van der Waals surface area contributed by atoms with Crippen molar-refractivity contribution in [2.45, 2.75) is 31.0 Å². The van der Waals surface area contributed by atoms with Crippen LogP contribution in [0.15, 0.2) is 78.9 Å². The van der Waals surface area contributed by atoms with Crippen molar-refractivity contribution in [3.05, 3.63) is 95.6 Å². The van der Waals surface area contributed by atoms with Crippen LogP contribution in [0.4, 0.5) is 4.79 Å². The number of carbonyl (C=O) groups excluding carboxylic acids is 2. The van der Waals surface area contributed by atoms with E-state index in [9.17, 15) is 19.5 Å². The molecule has 1 fully saturated rings. The largest absolute Gasteiger partial charge is 0.479 e. The number of fused-ring (bicyclic) bond motifs is 3. The topological polar surface area (TPSA) is 117 Å². The Bertz CT molecular complexity index is 1340. The molecule has 3 atom stereocenters. The number of hydrogen-bond donors (Lipinski definition) is 3. The van der Waals surface area contributed by atoms with E-state index in [-0.39, 0.29) is 31.5 Å². The maximum absolute atomic E-state index is 13.3. The van der Waals surface area contributed by atoms with Crippen molar-refractivity contribution >= 4 is 18.0 Å². The molecule has 9 nitrogen and oxygen atoms in total. The molecule has 9 heteroatoms. The van der Waals surface area contributed by atoms with Crippen LogP contribution in [0.25, 0.3) is 11.1 Å². The number of nitrogens with one attached hydrogen (secondary N) is 2. The minimum Gasteiger partial charge on any atom is -0.479 e. The highest BCUT2D eigenvalue weighted by atomic mass is 16.5. The molecule has 0 radical (unpaired) electrons.